The van der Waals surface area contributed by atoms with E-state index in [1.54, 1.807) is 18.6 Å². The largest absolute Gasteiger partial charge is 0.355 e. The fourth-order valence-corrected chi connectivity index (χ4v) is 5.76. The van der Waals surface area contributed by atoms with Crippen LogP contribution in [0.5, 0.6) is 0 Å². The van der Waals surface area contributed by atoms with Gasteiger partial charge in [0.2, 0.25) is 11.8 Å². The number of fused-ring (bicyclic) bond motifs is 4. The second-order valence-electron chi connectivity index (χ2n) is 9.07. The maximum atomic E-state index is 13.6. The van der Waals surface area contributed by atoms with E-state index in [2.05, 4.69) is 20.2 Å². The van der Waals surface area contributed by atoms with Crippen LogP contribution in [0.15, 0.2) is 48.9 Å². The van der Waals surface area contributed by atoms with Crippen LogP contribution in [-0.2, 0) is 9.59 Å². The molecule has 31 heavy (non-hydrogen) atoms. The van der Waals surface area contributed by atoms with Gasteiger partial charge in [-0.1, -0.05) is 30.3 Å². The Morgan fingerprint density at radius 1 is 1.16 bits per heavy atom. The number of carbonyl (C=O) groups is 2. The minimum atomic E-state index is -0.431. The lowest BCUT2D eigenvalue weighted by Crippen LogP contribution is -2.68. The second kappa shape index (κ2) is 8.29. The number of benzene rings is 1. The molecule has 5 atom stereocenters. The second-order valence-corrected chi connectivity index (χ2v) is 9.07. The standard InChI is InChI=1S/C24H29N5O2/c1-16(17-6-3-2-4-7-17)27-24(31)23-19-12-18(20-8-5-9-22(30)29(20)23)14-28(15-19)21-13-25-10-11-26-21/h2-4,6-7,10-11,13,16,18-20,23H,5,8-9,12,14-15H2,1H3,(H,27,31)/t16-,18+,19-,20-,23+/m0/s1. The highest BCUT2D eigenvalue weighted by molar-refractivity contribution is 5.89. The number of hydrogen-bond donors (Lipinski definition) is 1. The third-order valence-corrected chi connectivity index (χ3v) is 7.14. The summed E-state index contributed by atoms with van der Waals surface area (Å²) < 4.78 is 0. The van der Waals surface area contributed by atoms with Gasteiger partial charge in [0.1, 0.15) is 11.9 Å². The number of hydrogen-bond acceptors (Lipinski definition) is 5. The van der Waals surface area contributed by atoms with E-state index in [1.807, 2.05) is 42.2 Å². The van der Waals surface area contributed by atoms with Crippen LogP contribution >= 0.6 is 0 Å². The summed E-state index contributed by atoms with van der Waals surface area (Å²) in [5.41, 5.74) is 1.07. The average molecular weight is 420 g/mol. The fraction of sp³-hybridized carbons (Fsp3) is 0.500. The Morgan fingerprint density at radius 3 is 2.74 bits per heavy atom. The van der Waals surface area contributed by atoms with Crippen molar-refractivity contribution in [2.24, 2.45) is 11.8 Å². The number of anilines is 1. The van der Waals surface area contributed by atoms with Crippen molar-refractivity contribution >= 4 is 17.6 Å². The summed E-state index contributed by atoms with van der Waals surface area (Å²) in [5, 5.41) is 3.20. The minimum Gasteiger partial charge on any atom is -0.355 e. The maximum Gasteiger partial charge on any atom is 0.243 e. The van der Waals surface area contributed by atoms with E-state index in [0.29, 0.717) is 18.9 Å². The molecule has 2 amide bonds. The van der Waals surface area contributed by atoms with Crippen molar-refractivity contribution in [1.82, 2.24) is 20.2 Å². The molecule has 5 rings (SSSR count). The number of rotatable bonds is 4. The zero-order valence-electron chi connectivity index (χ0n) is 17.9. The molecule has 3 fully saturated rings. The molecule has 162 valence electrons. The highest BCUT2D eigenvalue weighted by Crippen LogP contribution is 2.42. The van der Waals surface area contributed by atoms with Gasteiger partial charge in [-0.05, 0) is 37.7 Å². The number of aromatic nitrogens is 2. The molecule has 0 aliphatic carbocycles. The molecule has 7 heteroatoms. The lowest BCUT2D eigenvalue weighted by molar-refractivity contribution is -0.156. The smallest absolute Gasteiger partial charge is 0.243 e. The molecule has 1 aromatic carbocycles. The van der Waals surface area contributed by atoms with E-state index < -0.39 is 6.04 Å². The van der Waals surface area contributed by atoms with Gasteiger partial charge in [0.05, 0.1) is 12.2 Å². The summed E-state index contributed by atoms with van der Waals surface area (Å²) in [5.74, 6) is 1.39. The lowest BCUT2D eigenvalue weighted by atomic mass is 9.71. The van der Waals surface area contributed by atoms with Crippen LogP contribution in [-0.4, -0.2) is 51.9 Å². The van der Waals surface area contributed by atoms with Gasteiger partial charge in [-0.3, -0.25) is 14.6 Å². The number of carbonyl (C=O) groups excluding carboxylic acids is 2. The molecule has 3 saturated heterocycles. The molecule has 3 aliphatic heterocycles. The molecule has 0 radical (unpaired) electrons. The zero-order chi connectivity index (χ0) is 21.4. The molecule has 4 heterocycles. The molecule has 1 aromatic heterocycles. The normalized spacial score (nSPS) is 28.6. The first-order valence-corrected chi connectivity index (χ1v) is 11.3. The molecular weight excluding hydrogens is 390 g/mol. The predicted octanol–water partition coefficient (Wildman–Crippen LogP) is 2.56. The third kappa shape index (κ3) is 3.77. The summed E-state index contributed by atoms with van der Waals surface area (Å²) in [7, 11) is 0. The molecule has 3 aliphatic rings. The van der Waals surface area contributed by atoms with Crippen molar-refractivity contribution in [2.75, 3.05) is 18.0 Å². The SMILES string of the molecule is C[C@H](NC(=O)[C@H]1[C@H]2C[C@H](CN(c3cnccn3)C2)[C@@H]2CCCC(=O)N21)c1ccccc1. The zero-order valence-corrected chi connectivity index (χ0v) is 17.9. The fourth-order valence-electron chi connectivity index (χ4n) is 5.76. The van der Waals surface area contributed by atoms with Gasteiger partial charge in [-0.15, -0.1) is 0 Å². The predicted molar refractivity (Wildman–Crippen MR) is 117 cm³/mol. The van der Waals surface area contributed by atoms with Gasteiger partial charge >= 0.3 is 0 Å². The number of piperidine rings is 3. The Hall–Kier alpha value is -2.96. The van der Waals surface area contributed by atoms with Crippen LogP contribution in [0.4, 0.5) is 5.82 Å². The number of nitrogens with zero attached hydrogens (tertiary/aromatic N) is 4. The van der Waals surface area contributed by atoms with Crippen molar-refractivity contribution < 1.29 is 9.59 Å². The number of nitrogens with one attached hydrogen (secondary N) is 1. The Kier molecular flexibility index (Phi) is 5.34. The molecular formula is C24H29N5O2. The van der Waals surface area contributed by atoms with Crippen molar-refractivity contribution in [3.63, 3.8) is 0 Å². The maximum absolute atomic E-state index is 13.6. The van der Waals surface area contributed by atoms with Crippen molar-refractivity contribution in [2.45, 2.75) is 50.7 Å². The molecule has 0 spiro atoms. The summed E-state index contributed by atoms with van der Waals surface area (Å²) in [6, 6.07) is 9.56. The first-order valence-electron chi connectivity index (χ1n) is 11.3. The first kappa shape index (κ1) is 20.0. The van der Waals surface area contributed by atoms with Gasteiger partial charge in [0.25, 0.3) is 0 Å². The lowest BCUT2D eigenvalue weighted by Gasteiger charge is -2.56. The summed E-state index contributed by atoms with van der Waals surface area (Å²) >= 11 is 0. The van der Waals surface area contributed by atoms with E-state index in [0.717, 1.165) is 37.2 Å². The van der Waals surface area contributed by atoms with Gasteiger partial charge in [0, 0.05) is 43.9 Å². The van der Waals surface area contributed by atoms with Crippen LogP contribution in [0, 0.1) is 11.8 Å². The summed E-state index contributed by atoms with van der Waals surface area (Å²) in [4.78, 5) is 39.5. The van der Waals surface area contributed by atoms with Gasteiger partial charge in [-0.2, -0.15) is 0 Å². The van der Waals surface area contributed by atoms with E-state index in [4.69, 9.17) is 0 Å². The minimum absolute atomic E-state index is 0.0407. The first-order chi connectivity index (χ1) is 15.1. The quantitative estimate of drug-likeness (QED) is 0.824. The van der Waals surface area contributed by atoms with Crippen LogP contribution in [0.1, 0.15) is 44.2 Å². The molecule has 0 unspecified atom stereocenters. The van der Waals surface area contributed by atoms with E-state index in [1.165, 1.54) is 0 Å². The third-order valence-electron chi connectivity index (χ3n) is 7.14. The van der Waals surface area contributed by atoms with Gasteiger partial charge in [0.15, 0.2) is 0 Å². The van der Waals surface area contributed by atoms with Gasteiger partial charge in [-0.25, -0.2) is 4.98 Å². The monoisotopic (exact) mass is 419 g/mol. The van der Waals surface area contributed by atoms with E-state index in [9.17, 15) is 9.59 Å². The Labute approximate surface area is 182 Å². The van der Waals surface area contributed by atoms with Crippen molar-refractivity contribution in [3.8, 4) is 0 Å². The topological polar surface area (TPSA) is 78.4 Å². The molecule has 2 bridgehead atoms. The number of amides is 2. The van der Waals surface area contributed by atoms with Crippen LogP contribution in [0.3, 0.4) is 0 Å². The summed E-state index contributed by atoms with van der Waals surface area (Å²) in [6.07, 6.45) is 8.57. The highest BCUT2D eigenvalue weighted by Gasteiger charge is 2.52. The Morgan fingerprint density at radius 2 is 1.97 bits per heavy atom. The van der Waals surface area contributed by atoms with Gasteiger partial charge < -0.3 is 15.1 Å². The highest BCUT2D eigenvalue weighted by atomic mass is 16.2. The van der Waals surface area contributed by atoms with Crippen LogP contribution in [0.25, 0.3) is 0 Å². The summed E-state index contributed by atoms with van der Waals surface area (Å²) in [6.45, 7) is 3.57. The molecule has 7 nitrogen and oxygen atoms in total. The van der Waals surface area contributed by atoms with E-state index in [-0.39, 0.29) is 29.8 Å². The van der Waals surface area contributed by atoms with Crippen LogP contribution in [0.2, 0.25) is 0 Å². The van der Waals surface area contributed by atoms with Crippen LogP contribution < -0.4 is 10.2 Å². The molecule has 2 aromatic rings. The molecule has 1 N–H and O–H groups in total. The Bertz CT molecular complexity index is 938. The van der Waals surface area contributed by atoms with Crippen molar-refractivity contribution in [3.05, 3.63) is 54.5 Å². The molecule has 0 saturated carbocycles. The van der Waals surface area contributed by atoms with Crippen molar-refractivity contribution in [1.29, 1.82) is 0 Å². The average Bonchev–Trinajstić information content (AvgIpc) is 2.81. The van der Waals surface area contributed by atoms with E-state index >= 15 is 0 Å². The Balaban J connectivity index is 1.42.